The zero-order valence-corrected chi connectivity index (χ0v) is 59.5. The Labute approximate surface area is 537 Å². The van der Waals surface area contributed by atoms with E-state index >= 15 is 0 Å². The van der Waals surface area contributed by atoms with Gasteiger partial charge in [0.1, 0.15) is 13.2 Å². The number of likely N-dealkylation sites (N-methyl/N-ethyl adjacent to an activating group) is 1. The first kappa shape index (κ1) is 84.7. The number of carbonyl (C=O) groups is 1. The number of unbranched alkanes of at least 4 members (excludes halogenated alkanes) is 55. The van der Waals surface area contributed by atoms with Crippen LogP contribution in [0.25, 0.3) is 0 Å². The summed E-state index contributed by atoms with van der Waals surface area (Å²) in [6.07, 6.45) is 91.8. The van der Waals surface area contributed by atoms with Gasteiger partial charge in [0.2, 0.25) is 5.91 Å². The Morgan fingerprint density at radius 1 is 0.395 bits per heavy atom. The maximum atomic E-state index is 13.1. The van der Waals surface area contributed by atoms with Crippen LogP contribution in [0.2, 0.25) is 0 Å². The van der Waals surface area contributed by atoms with E-state index in [0.29, 0.717) is 17.4 Å². The molecule has 9 heteroatoms. The maximum Gasteiger partial charge on any atom is 0.472 e. The van der Waals surface area contributed by atoms with Gasteiger partial charge >= 0.3 is 7.82 Å². The number of nitrogens with zero attached hydrogens (tertiary/aromatic N) is 1. The first-order chi connectivity index (χ1) is 42.0. The van der Waals surface area contributed by atoms with E-state index < -0.39 is 20.0 Å². The molecule has 0 aromatic rings. The van der Waals surface area contributed by atoms with Gasteiger partial charge in [0.05, 0.1) is 39.9 Å². The van der Waals surface area contributed by atoms with Gasteiger partial charge in [-0.15, -0.1) is 0 Å². The van der Waals surface area contributed by atoms with Crippen molar-refractivity contribution in [2.45, 2.75) is 411 Å². The smallest absolute Gasteiger partial charge is 0.387 e. The van der Waals surface area contributed by atoms with E-state index in [0.717, 1.165) is 38.5 Å². The maximum absolute atomic E-state index is 13.1. The zero-order chi connectivity index (χ0) is 62.6. The Morgan fingerprint density at radius 2 is 0.663 bits per heavy atom. The van der Waals surface area contributed by atoms with E-state index in [1.807, 2.05) is 27.2 Å². The van der Waals surface area contributed by atoms with Gasteiger partial charge in [-0.2, -0.15) is 0 Å². The number of allylic oxidation sites excluding steroid dienone is 5. The zero-order valence-electron chi connectivity index (χ0n) is 58.6. The van der Waals surface area contributed by atoms with Gasteiger partial charge in [0.15, 0.2) is 0 Å². The number of amides is 1. The average molecular weight is 1230 g/mol. The molecule has 86 heavy (non-hydrogen) atoms. The molecule has 3 atom stereocenters. The van der Waals surface area contributed by atoms with E-state index in [2.05, 4.69) is 43.5 Å². The van der Waals surface area contributed by atoms with Crippen LogP contribution in [-0.2, 0) is 18.4 Å². The number of phosphoric ester groups is 1. The standard InChI is InChI=1S/C77H151N2O6P/c1-6-8-10-12-14-16-18-20-22-24-26-28-30-32-34-36-38-39-41-43-45-47-49-51-53-55-57-59-61-63-65-67-69-71-77(81)78-75(74-85-86(82,83)84-73-72-79(3,4)5)76(80)70-68-66-64-62-60-58-56-54-52-50-48-46-44-42-40-37-35-33-31-29-27-25-23-21-19-17-15-13-11-9-7-2/h18,20,24,26,68,70,75-76,80H,6-17,19,21-23,25,27-67,69,71-74H2,1-5H3,(H-,78,81,82,83)/p+1/b20-18-,26-24-,70-68+. The number of nitrogens with one attached hydrogen (secondary N) is 1. The average Bonchev–Trinajstić information content (AvgIpc) is 3.70. The molecule has 0 aromatic heterocycles. The lowest BCUT2D eigenvalue weighted by Gasteiger charge is -2.25. The summed E-state index contributed by atoms with van der Waals surface area (Å²) in [5.74, 6) is -0.168. The third-order valence-corrected chi connectivity index (χ3v) is 18.8. The van der Waals surface area contributed by atoms with Crippen molar-refractivity contribution in [2.75, 3.05) is 40.9 Å². The fourth-order valence-corrected chi connectivity index (χ4v) is 12.6. The third-order valence-electron chi connectivity index (χ3n) is 17.9. The molecule has 1 amide bonds. The number of quaternary nitrogens is 1. The minimum absolute atomic E-state index is 0.0639. The number of hydrogen-bond donors (Lipinski definition) is 3. The van der Waals surface area contributed by atoms with Crippen molar-refractivity contribution in [3.63, 3.8) is 0 Å². The second-order valence-electron chi connectivity index (χ2n) is 27.7. The van der Waals surface area contributed by atoms with Gasteiger partial charge in [-0.25, -0.2) is 4.57 Å². The molecule has 0 rings (SSSR count). The van der Waals surface area contributed by atoms with Crippen LogP contribution in [0.5, 0.6) is 0 Å². The Kier molecular flexibility index (Phi) is 67.1. The normalized spacial score (nSPS) is 13.7. The van der Waals surface area contributed by atoms with Crippen molar-refractivity contribution in [2.24, 2.45) is 0 Å². The molecule has 0 aliphatic carbocycles. The number of aliphatic hydroxyl groups excluding tert-OH is 1. The Hall–Kier alpha value is -1.28. The molecule has 3 N–H and O–H groups in total. The summed E-state index contributed by atoms with van der Waals surface area (Å²) in [6.45, 7) is 4.87. The molecule has 0 heterocycles. The van der Waals surface area contributed by atoms with E-state index in [1.54, 1.807) is 6.08 Å². The van der Waals surface area contributed by atoms with Crippen LogP contribution < -0.4 is 5.32 Å². The highest BCUT2D eigenvalue weighted by Crippen LogP contribution is 2.43. The Morgan fingerprint density at radius 3 is 0.953 bits per heavy atom. The van der Waals surface area contributed by atoms with Gasteiger partial charge in [0.25, 0.3) is 0 Å². The fourth-order valence-electron chi connectivity index (χ4n) is 11.9. The van der Waals surface area contributed by atoms with E-state index in [9.17, 15) is 19.4 Å². The Balaban J connectivity index is 3.98. The molecule has 0 radical (unpaired) electrons. The van der Waals surface area contributed by atoms with Gasteiger partial charge < -0.3 is 19.8 Å². The number of rotatable bonds is 72. The Bertz CT molecular complexity index is 1500. The topological polar surface area (TPSA) is 105 Å². The first-order valence-corrected chi connectivity index (χ1v) is 39.9. The lowest BCUT2D eigenvalue weighted by atomic mass is 10.0. The van der Waals surface area contributed by atoms with Gasteiger partial charge in [0, 0.05) is 6.42 Å². The molecule has 0 aliphatic heterocycles. The summed E-state index contributed by atoms with van der Waals surface area (Å²) >= 11 is 0. The quantitative estimate of drug-likeness (QED) is 0.0243. The van der Waals surface area contributed by atoms with Crippen LogP contribution in [0.4, 0.5) is 0 Å². The van der Waals surface area contributed by atoms with Crippen LogP contribution in [0.15, 0.2) is 36.5 Å². The van der Waals surface area contributed by atoms with Crippen LogP contribution in [-0.4, -0.2) is 73.4 Å². The lowest BCUT2D eigenvalue weighted by molar-refractivity contribution is -0.870. The van der Waals surface area contributed by atoms with Crippen molar-refractivity contribution in [1.82, 2.24) is 5.32 Å². The van der Waals surface area contributed by atoms with Crippen molar-refractivity contribution in [3.05, 3.63) is 36.5 Å². The van der Waals surface area contributed by atoms with Crippen molar-refractivity contribution >= 4 is 13.7 Å². The van der Waals surface area contributed by atoms with Crippen LogP contribution >= 0.6 is 7.82 Å². The van der Waals surface area contributed by atoms with Crippen molar-refractivity contribution in [1.29, 1.82) is 0 Å². The molecule has 0 fully saturated rings. The summed E-state index contributed by atoms with van der Waals surface area (Å²) in [7, 11) is 1.59. The number of phosphoric acid groups is 1. The molecule has 0 aliphatic rings. The summed E-state index contributed by atoms with van der Waals surface area (Å²) in [5.41, 5.74) is 0. The lowest BCUT2D eigenvalue weighted by Crippen LogP contribution is -2.45. The predicted molar refractivity (Wildman–Crippen MR) is 378 cm³/mol. The van der Waals surface area contributed by atoms with Crippen molar-refractivity contribution < 1.29 is 32.9 Å². The monoisotopic (exact) mass is 1230 g/mol. The highest BCUT2D eigenvalue weighted by molar-refractivity contribution is 7.47. The minimum Gasteiger partial charge on any atom is -0.387 e. The second kappa shape index (κ2) is 68.1. The molecule has 8 nitrogen and oxygen atoms in total. The molecule has 3 unspecified atom stereocenters. The summed E-state index contributed by atoms with van der Waals surface area (Å²) in [4.78, 5) is 23.5. The molecule has 0 saturated heterocycles. The molecule has 0 saturated carbocycles. The fraction of sp³-hybridized carbons (Fsp3) is 0.909. The largest absolute Gasteiger partial charge is 0.472 e. The third kappa shape index (κ3) is 70.2. The van der Waals surface area contributed by atoms with Crippen LogP contribution in [0, 0.1) is 0 Å². The van der Waals surface area contributed by atoms with Gasteiger partial charge in [-0.05, 0) is 51.4 Å². The predicted octanol–water partition coefficient (Wildman–Crippen LogP) is 24.8. The number of carbonyl (C=O) groups excluding carboxylic acids is 1. The molecule has 0 spiro atoms. The van der Waals surface area contributed by atoms with Gasteiger partial charge in [-0.1, -0.05) is 378 Å². The SMILES string of the molecule is CCCCCCC/C=C\C/C=C\CCCCCCCCCCCCCCCCCCCCCCCC(=O)NC(COP(=O)(O)OCC[N+](C)(C)C)C(O)/C=C/CCCCCCCCCCCCCCCCCCCCCCCCCCCCCCC. The summed E-state index contributed by atoms with van der Waals surface area (Å²) < 4.78 is 23.9. The summed E-state index contributed by atoms with van der Waals surface area (Å²) in [5, 5.41) is 14.1. The molecular weight excluding hydrogens is 1080 g/mol. The van der Waals surface area contributed by atoms with Crippen LogP contribution in [0.1, 0.15) is 399 Å². The highest BCUT2D eigenvalue weighted by atomic mass is 31.2. The van der Waals surface area contributed by atoms with Crippen LogP contribution in [0.3, 0.4) is 0 Å². The molecule has 0 bridgehead atoms. The second-order valence-corrected chi connectivity index (χ2v) is 29.2. The van der Waals surface area contributed by atoms with E-state index in [1.165, 1.54) is 340 Å². The first-order valence-electron chi connectivity index (χ1n) is 38.4. The highest BCUT2D eigenvalue weighted by Gasteiger charge is 2.28. The van der Waals surface area contributed by atoms with Gasteiger partial charge in [-0.3, -0.25) is 13.8 Å². The molecule has 0 aromatic carbocycles. The summed E-state index contributed by atoms with van der Waals surface area (Å²) in [6, 6.07) is -0.847. The van der Waals surface area contributed by atoms with E-state index in [-0.39, 0.29) is 19.1 Å². The number of aliphatic hydroxyl groups is 1. The number of hydrogen-bond acceptors (Lipinski definition) is 5. The van der Waals surface area contributed by atoms with Crippen molar-refractivity contribution in [3.8, 4) is 0 Å². The van der Waals surface area contributed by atoms with E-state index in [4.69, 9.17) is 9.05 Å². The minimum atomic E-state index is -4.35. The molecule has 510 valence electrons. The molecular formula is C77H152N2O6P+.